The highest BCUT2D eigenvalue weighted by Gasteiger charge is 2.31. The van der Waals surface area contributed by atoms with E-state index in [0.29, 0.717) is 24.4 Å². The first-order chi connectivity index (χ1) is 14.2. The smallest absolute Gasteiger partial charge is 0.273 e. The number of ether oxygens (including phenoxy) is 1. The average Bonchev–Trinajstić information content (AvgIpc) is 3.27. The fourth-order valence-corrected chi connectivity index (χ4v) is 4.76. The number of sulfonamides is 1. The zero-order valence-corrected chi connectivity index (χ0v) is 17.6. The van der Waals surface area contributed by atoms with Crippen LogP contribution < -0.4 is 9.04 Å². The van der Waals surface area contributed by atoms with Gasteiger partial charge in [-0.3, -0.25) is 19.2 Å². The molecular weight excluding hydrogens is 410 g/mol. The van der Waals surface area contributed by atoms with Crippen LogP contribution >= 0.6 is 0 Å². The number of nitrogens with zero attached hydrogens (tertiary/aromatic N) is 3. The summed E-state index contributed by atoms with van der Waals surface area (Å²) in [5.41, 5.74) is 0.325. The van der Waals surface area contributed by atoms with E-state index in [1.807, 2.05) is 0 Å². The molecule has 1 saturated heterocycles. The minimum Gasteiger partial charge on any atom is -0.497 e. The minimum atomic E-state index is -4.23. The van der Waals surface area contributed by atoms with Crippen LogP contribution in [-0.4, -0.2) is 50.9 Å². The molecule has 10 heteroatoms. The number of hydrogen-bond donors (Lipinski definition) is 0. The lowest BCUT2D eigenvalue weighted by Gasteiger charge is -2.26. The van der Waals surface area contributed by atoms with E-state index in [0.717, 1.165) is 23.2 Å². The molecular formula is C20H23N3O6S. The second kappa shape index (κ2) is 8.70. The average molecular weight is 433 g/mol. The second-order valence-corrected chi connectivity index (χ2v) is 8.87. The van der Waals surface area contributed by atoms with Gasteiger partial charge in [0, 0.05) is 24.7 Å². The molecule has 0 unspecified atom stereocenters. The summed E-state index contributed by atoms with van der Waals surface area (Å²) in [5, 5.41) is 11.3. The first-order valence-corrected chi connectivity index (χ1v) is 10.9. The Kier molecular flexibility index (Phi) is 6.25. The van der Waals surface area contributed by atoms with Crippen molar-refractivity contribution in [2.24, 2.45) is 0 Å². The quantitative estimate of drug-likeness (QED) is 0.490. The van der Waals surface area contributed by atoms with Crippen LogP contribution in [0, 0.1) is 17.0 Å². The maximum atomic E-state index is 13.4. The number of benzene rings is 2. The van der Waals surface area contributed by atoms with Crippen molar-refractivity contribution in [1.82, 2.24) is 4.90 Å². The van der Waals surface area contributed by atoms with Crippen molar-refractivity contribution in [2.75, 3.05) is 31.0 Å². The number of amides is 1. The molecule has 2 aromatic rings. The Balaban J connectivity index is 2.04. The van der Waals surface area contributed by atoms with E-state index in [1.165, 1.54) is 38.3 Å². The van der Waals surface area contributed by atoms with Crippen LogP contribution in [0.1, 0.15) is 18.4 Å². The molecule has 9 nitrogen and oxygen atoms in total. The van der Waals surface area contributed by atoms with Crippen molar-refractivity contribution in [3.05, 3.63) is 58.1 Å². The first-order valence-electron chi connectivity index (χ1n) is 9.43. The van der Waals surface area contributed by atoms with Crippen molar-refractivity contribution in [3.8, 4) is 5.75 Å². The van der Waals surface area contributed by atoms with Gasteiger partial charge in [0.2, 0.25) is 5.91 Å². The Labute approximate surface area is 175 Å². The summed E-state index contributed by atoms with van der Waals surface area (Å²) < 4.78 is 33.0. The molecule has 160 valence electrons. The van der Waals surface area contributed by atoms with Gasteiger partial charge in [-0.1, -0.05) is 6.07 Å². The molecule has 0 saturated carbocycles. The Morgan fingerprint density at radius 2 is 1.80 bits per heavy atom. The summed E-state index contributed by atoms with van der Waals surface area (Å²) in [6.45, 7) is 2.32. The summed E-state index contributed by atoms with van der Waals surface area (Å²) in [5.74, 6) is 0.224. The van der Waals surface area contributed by atoms with E-state index < -0.39 is 21.5 Å². The lowest BCUT2D eigenvalue weighted by molar-refractivity contribution is -0.385. The number of methoxy groups -OCH3 is 1. The van der Waals surface area contributed by atoms with Crippen molar-refractivity contribution in [1.29, 1.82) is 0 Å². The van der Waals surface area contributed by atoms with Gasteiger partial charge < -0.3 is 9.64 Å². The Bertz CT molecular complexity index is 1050. The highest BCUT2D eigenvalue weighted by atomic mass is 32.2. The monoisotopic (exact) mass is 433 g/mol. The van der Waals surface area contributed by atoms with Gasteiger partial charge in [0.1, 0.15) is 12.3 Å². The van der Waals surface area contributed by atoms with Gasteiger partial charge in [-0.2, -0.15) is 0 Å². The maximum absolute atomic E-state index is 13.4. The lowest BCUT2D eigenvalue weighted by Crippen LogP contribution is -2.42. The van der Waals surface area contributed by atoms with Gasteiger partial charge >= 0.3 is 0 Å². The third-order valence-corrected chi connectivity index (χ3v) is 6.83. The molecule has 0 radical (unpaired) electrons. The molecule has 3 rings (SSSR count). The van der Waals surface area contributed by atoms with E-state index >= 15 is 0 Å². The van der Waals surface area contributed by atoms with Crippen LogP contribution in [0.2, 0.25) is 0 Å². The van der Waals surface area contributed by atoms with Gasteiger partial charge in [0.25, 0.3) is 15.7 Å². The number of carbonyl (C=O) groups is 1. The van der Waals surface area contributed by atoms with Crippen molar-refractivity contribution >= 4 is 27.3 Å². The Morgan fingerprint density at radius 3 is 2.37 bits per heavy atom. The van der Waals surface area contributed by atoms with Crippen molar-refractivity contribution < 1.29 is 22.9 Å². The molecule has 0 aromatic heterocycles. The third kappa shape index (κ3) is 4.38. The lowest BCUT2D eigenvalue weighted by atomic mass is 10.2. The predicted molar refractivity (Wildman–Crippen MR) is 111 cm³/mol. The number of anilines is 1. The highest BCUT2D eigenvalue weighted by molar-refractivity contribution is 7.92. The normalized spacial score (nSPS) is 13.9. The fourth-order valence-electron chi connectivity index (χ4n) is 3.33. The molecule has 1 aliphatic heterocycles. The van der Waals surface area contributed by atoms with Crippen molar-refractivity contribution in [3.63, 3.8) is 0 Å². The van der Waals surface area contributed by atoms with Crippen LogP contribution in [0.3, 0.4) is 0 Å². The van der Waals surface area contributed by atoms with Gasteiger partial charge in [0.05, 0.1) is 22.6 Å². The topological polar surface area (TPSA) is 110 Å². The molecule has 0 N–H and O–H groups in total. The van der Waals surface area contributed by atoms with E-state index in [9.17, 15) is 23.3 Å². The zero-order chi connectivity index (χ0) is 21.9. The van der Waals surface area contributed by atoms with Crippen molar-refractivity contribution in [2.45, 2.75) is 24.7 Å². The summed E-state index contributed by atoms with van der Waals surface area (Å²) >= 11 is 0. The van der Waals surface area contributed by atoms with Gasteiger partial charge in [-0.15, -0.1) is 0 Å². The molecule has 0 bridgehead atoms. The zero-order valence-electron chi connectivity index (χ0n) is 16.8. The fraction of sp³-hybridized carbons (Fsp3) is 0.350. The van der Waals surface area contributed by atoms with Crippen LogP contribution in [-0.2, 0) is 14.8 Å². The van der Waals surface area contributed by atoms with Gasteiger partial charge in [-0.05, 0) is 50.1 Å². The third-order valence-electron chi connectivity index (χ3n) is 5.06. The number of nitro benzene ring substituents is 1. The largest absolute Gasteiger partial charge is 0.497 e. The van der Waals surface area contributed by atoms with Crippen LogP contribution in [0.25, 0.3) is 0 Å². The molecule has 1 heterocycles. The number of nitro groups is 1. The molecule has 30 heavy (non-hydrogen) atoms. The number of hydrogen-bond acceptors (Lipinski definition) is 6. The molecule has 2 aromatic carbocycles. The molecule has 0 aliphatic carbocycles. The summed E-state index contributed by atoms with van der Waals surface area (Å²) in [6, 6.07) is 9.99. The number of aryl methyl sites for hydroxylation is 1. The summed E-state index contributed by atoms with van der Waals surface area (Å²) in [7, 11) is -2.74. The number of carbonyl (C=O) groups excluding carboxylic acids is 1. The van der Waals surface area contributed by atoms with Crippen LogP contribution in [0.5, 0.6) is 5.75 Å². The van der Waals surface area contributed by atoms with E-state index in [2.05, 4.69) is 0 Å². The Hall–Kier alpha value is -3.14. The molecule has 0 spiro atoms. The van der Waals surface area contributed by atoms with E-state index in [4.69, 9.17) is 4.74 Å². The number of rotatable bonds is 7. The highest BCUT2D eigenvalue weighted by Crippen LogP contribution is 2.29. The minimum absolute atomic E-state index is 0.246. The molecule has 1 aliphatic rings. The van der Waals surface area contributed by atoms with Gasteiger partial charge in [-0.25, -0.2) is 8.42 Å². The molecule has 0 atom stereocenters. The first kappa shape index (κ1) is 21.6. The number of likely N-dealkylation sites (tertiary alicyclic amines) is 1. The van der Waals surface area contributed by atoms with E-state index in [-0.39, 0.29) is 22.2 Å². The van der Waals surface area contributed by atoms with Crippen LogP contribution in [0.4, 0.5) is 11.4 Å². The van der Waals surface area contributed by atoms with Gasteiger partial charge in [0.15, 0.2) is 0 Å². The molecule has 1 amide bonds. The summed E-state index contributed by atoms with van der Waals surface area (Å²) in [4.78, 5) is 24.8. The molecule has 1 fully saturated rings. The summed E-state index contributed by atoms with van der Waals surface area (Å²) in [6.07, 6.45) is 1.76. The second-order valence-electron chi connectivity index (χ2n) is 7.00. The standard InChI is InChI=1S/C20H23N3O6S/c1-15-5-10-18(13-19(15)23(25)26)30(27,28)22(14-20(24)21-11-3-4-12-21)16-6-8-17(29-2)9-7-16/h5-10,13H,3-4,11-12,14H2,1-2H3. The Morgan fingerprint density at radius 1 is 1.17 bits per heavy atom. The van der Waals surface area contributed by atoms with Crippen LogP contribution in [0.15, 0.2) is 47.4 Å². The predicted octanol–water partition coefficient (Wildman–Crippen LogP) is 2.73. The SMILES string of the molecule is COc1ccc(N(CC(=O)N2CCCC2)S(=O)(=O)c2ccc(C)c([N+](=O)[O-])c2)cc1. The maximum Gasteiger partial charge on any atom is 0.273 e. The van der Waals surface area contributed by atoms with E-state index in [1.54, 1.807) is 17.0 Å².